The lowest BCUT2D eigenvalue weighted by atomic mass is 10.2. The molecule has 0 radical (unpaired) electrons. The molecule has 1 rings (SSSR count). The summed E-state index contributed by atoms with van der Waals surface area (Å²) in [5, 5.41) is 8.74. The highest BCUT2D eigenvalue weighted by Gasteiger charge is 1.99. The highest BCUT2D eigenvalue weighted by atomic mass is 16.5. The lowest BCUT2D eigenvalue weighted by molar-refractivity contribution is 0.308. The Morgan fingerprint density at radius 3 is 2.53 bits per heavy atom. The van der Waals surface area contributed by atoms with Gasteiger partial charge in [0, 0.05) is 0 Å². The Bertz CT molecular complexity index is 302. The van der Waals surface area contributed by atoms with Crippen LogP contribution in [-0.4, -0.2) is 6.61 Å². The van der Waals surface area contributed by atoms with Crippen molar-refractivity contribution in [3.63, 3.8) is 0 Å². The molecule has 0 unspecified atom stereocenters. The smallest absolute Gasteiger partial charge is 0.137 e. The third-order valence-electron chi connectivity index (χ3n) is 1.76. The first-order valence-corrected chi connectivity index (χ1v) is 5.50. The standard InChI is InChI=1S/C11H13NO.C2H6/c1-2-3-8-13-11-7-5-4-6-10(11)9-12;1-2/h4-7H,2-3,8H2,1H3;1-2H3. The maximum Gasteiger partial charge on any atom is 0.137 e. The predicted octanol–water partition coefficient (Wildman–Crippen LogP) is 3.76. The number of nitriles is 1. The third-order valence-corrected chi connectivity index (χ3v) is 1.76. The van der Waals surface area contributed by atoms with Crippen molar-refractivity contribution in [3.8, 4) is 11.8 Å². The normalized spacial score (nSPS) is 8.40. The molecule has 0 bridgehead atoms. The van der Waals surface area contributed by atoms with Crippen molar-refractivity contribution in [1.29, 1.82) is 5.26 Å². The van der Waals surface area contributed by atoms with Crippen LogP contribution in [-0.2, 0) is 0 Å². The van der Waals surface area contributed by atoms with Crippen molar-refractivity contribution in [2.75, 3.05) is 6.61 Å². The molecule has 15 heavy (non-hydrogen) atoms. The van der Waals surface area contributed by atoms with E-state index in [0.717, 1.165) is 12.8 Å². The zero-order valence-corrected chi connectivity index (χ0v) is 9.79. The second-order valence-electron chi connectivity index (χ2n) is 2.81. The molecule has 0 atom stereocenters. The average Bonchev–Trinajstić information content (AvgIpc) is 2.33. The van der Waals surface area contributed by atoms with E-state index in [1.807, 2.05) is 32.0 Å². The molecule has 0 heterocycles. The number of benzene rings is 1. The monoisotopic (exact) mass is 205 g/mol. The van der Waals surface area contributed by atoms with E-state index in [-0.39, 0.29) is 0 Å². The van der Waals surface area contributed by atoms with Gasteiger partial charge < -0.3 is 4.74 Å². The summed E-state index contributed by atoms with van der Waals surface area (Å²) in [4.78, 5) is 0. The Morgan fingerprint density at radius 1 is 1.27 bits per heavy atom. The largest absolute Gasteiger partial charge is 0.492 e. The van der Waals surface area contributed by atoms with Crippen molar-refractivity contribution >= 4 is 0 Å². The predicted molar refractivity (Wildman–Crippen MR) is 62.9 cm³/mol. The molecule has 0 fully saturated rings. The molecule has 0 aliphatic heterocycles. The minimum atomic E-state index is 0.610. The van der Waals surface area contributed by atoms with Gasteiger partial charge in [0.25, 0.3) is 0 Å². The van der Waals surface area contributed by atoms with Gasteiger partial charge in [-0.3, -0.25) is 0 Å². The molecule has 2 nitrogen and oxygen atoms in total. The molecule has 0 aliphatic rings. The van der Waals surface area contributed by atoms with Crippen LogP contribution in [0, 0.1) is 11.3 Å². The number of unbranched alkanes of at least 4 members (excludes halogenated alkanes) is 1. The molecular weight excluding hydrogens is 186 g/mol. The fourth-order valence-corrected chi connectivity index (χ4v) is 1.01. The zero-order chi connectivity index (χ0) is 11.5. The van der Waals surface area contributed by atoms with Gasteiger partial charge in [-0.1, -0.05) is 39.3 Å². The minimum Gasteiger partial charge on any atom is -0.492 e. The molecule has 82 valence electrons. The Morgan fingerprint density at radius 2 is 1.93 bits per heavy atom. The molecule has 0 saturated heterocycles. The molecule has 0 aliphatic carbocycles. The lowest BCUT2D eigenvalue weighted by Crippen LogP contribution is -1.97. The average molecular weight is 205 g/mol. The van der Waals surface area contributed by atoms with E-state index in [9.17, 15) is 0 Å². The van der Waals surface area contributed by atoms with Crippen molar-refractivity contribution in [2.45, 2.75) is 33.6 Å². The molecule has 0 saturated carbocycles. The van der Waals surface area contributed by atoms with Gasteiger partial charge in [-0.2, -0.15) is 5.26 Å². The summed E-state index contributed by atoms with van der Waals surface area (Å²) in [5.74, 6) is 0.693. The first kappa shape index (κ1) is 13.5. The summed E-state index contributed by atoms with van der Waals surface area (Å²) in [6.45, 7) is 6.80. The number of para-hydroxylation sites is 1. The van der Waals surface area contributed by atoms with E-state index in [2.05, 4.69) is 13.0 Å². The molecule has 0 spiro atoms. The summed E-state index contributed by atoms with van der Waals surface area (Å²) in [7, 11) is 0. The Balaban J connectivity index is 0.000000921. The van der Waals surface area contributed by atoms with E-state index in [1.165, 1.54) is 0 Å². The van der Waals surface area contributed by atoms with E-state index in [0.29, 0.717) is 17.9 Å². The fraction of sp³-hybridized carbons (Fsp3) is 0.462. The second-order valence-corrected chi connectivity index (χ2v) is 2.81. The van der Waals surface area contributed by atoms with Gasteiger partial charge in [0.2, 0.25) is 0 Å². The van der Waals surface area contributed by atoms with Crippen LogP contribution in [0.4, 0.5) is 0 Å². The quantitative estimate of drug-likeness (QED) is 0.701. The second kappa shape index (κ2) is 9.08. The molecule has 1 aromatic carbocycles. The Hall–Kier alpha value is -1.49. The van der Waals surface area contributed by atoms with Gasteiger partial charge in [0.1, 0.15) is 11.8 Å². The van der Waals surface area contributed by atoms with Crippen LogP contribution in [0.1, 0.15) is 39.2 Å². The Kier molecular flexibility index (Phi) is 8.18. The first-order valence-electron chi connectivity index (χ1n) is 5.50. The lowest BCUT2D eigenvalue weighted by Gasteiger charge is -2.05. The van der Waals surface area contributed by atoms with Crippen molar-refractivity contribution in [3.05, 3.63) is 29.8 Å². The van der Waals surface area contributed by atoms with Gasteiger partial charge in [0.15, 0.2) is 0 Å². The Labute approximate surface area is 92.5 Å². The van der Waals surface area contributed by atoms with E-state index < -0.39 is 0 Å². The maximum absolute atomic E-state index is 8.74. The maximum atomic E-state index is 8.74. The third kappa shape index (κ3) is 5.07. The van der Waals surface area contributed by atoms with Crippen LogP contribution >= 0.6 is 0 Å². The van der Waals surface area contributed by atoms with Crippen molar-refractivity contribution in [1.82, 2.24) is 0 Å². The highest BCUT2D eigenvalue weighted by molar-refractivity contribution is 5.42. The van der Waals surface area contributed by atoms with Gasteiger partial charge in [0.05, 0.1) is 12.2 Å². The minimum absolute atomic E-state index is 0.610. The number of ether oxygens (including phenoxy) is 1. The highest BCUT2D eigenvalue weighted by Crippen LogP contribution is 2.16. The summed E-state index contributed by atoms with van der Waals surface area (Å²) in [6, 6.07) is 9.41. The number of hydrogen-bond donors (Lipinski definition) is 0. The van der Waals surface area contributed by atoms with Gasteiger partial charge in [-0.05, 0) is 18.6 Å². The number of hydrogen-bond acceptors (Lipinski definition) is 2. The van der Waals surface area contributed by atoms with Crippen LogP contribution in [0.5, 0.6) is 5.75 Å². The van der Waals surface area contributed by atoms with E-state index >= 15 is 0 Å². The molecule has 0 aromatic heterocycles. The van der Waals surface area contributed by atoms with Crippen LogP contribution < -0.4 is 4.74 Å². The summed E-state index contributed by atoms with van der Waals surface area (Å²) in [5.41, 5.74) is 0.610. The summed E-state index contributed by atoms with van der Waals surface area (Å²) >= 11 is 0. The van der Waals surface area contributed by atoms with Crippen molar-refractivity contribution in [2.24, 2.45) is 0 Å². The van der Waals surface area contributed by atoms with Crippen molar-refractivity contribution < 1.29 is 4.74 Å². The van der Waals surface area contributed by atoms with Crippen LogP contribution in [0.3, 0.4) is 0 Å². The van der Waals surface area contributed by atoms with E-state index in [1.54, 1.807) is 6.07 Å². The SMILES string of the molecule is CC.CCCCOc1ccccc1C#N. The zero-order valence-electron chi connectivity index (χ0n) is 9.79. The first-order chi connectivity index (χ1) is 7.38. The molecule has 2 heteroatoms. The summed E-state index contributed by atoms with van der Waals surface area (Å²) in [6.07, 6.45) is 2.13. The van der Waals surface area contributed by atoms with Crippen LogP contribution in [0.2, 0.25) is 0 Å². The number of nitrogens with zero attached hydrogens (tertiary/aromatic N) is 1. The molecule has 0 N–H and O–H groups in total. The fourth-order valence-electron chi connectivity index (χ4n) is 1.01. The topological polar surface area (TPSA) is 33.0 Å². The van der Waals surface area contributed by atoms with Crippen LogP contribution in [0.15, 0.2) is 24.3 Å². The molecular formula is C13H19NO. The van der Waals surface area contributed by atoms with Gasteiger partial charge in [-0.15, -0.1) is 0 Å². The van der Waals surface area contributed by atoms with Gasteiger partial charge >= 0.3 is 0 Å². The molecule has 0 amide bonds. The molecule has 1 aromatic rings. The number of rotatable bonds is 4. The van der Waals surface area contributed by atoms with Crippen LogP contribution in [0.25, 0.3) is 0 Å². The van der Waals surface area contributed by atoms with E-state index in [4.69, 9.17) is 10.00 Å². The summed E-state index contributed by atoms with van der Waals surface area (Å²) < 4.78 is 5.45. The van der Waals surface area contributed by atoms with Gasteiger partial charge in [-0.25, -0.2) is 0 Å².